The van der Waals surface area contributed by atoms with Gasteiger partial charge in [0.15, 0.2) is 0 Å². The van der Waals surface area contributed by atoms with E-state index in [0.717, 1.165) is 11.3 Å². The lowest BCUT2D eigenvalue weighted by atomic mass is 10.1. The first-order chi connectivity index (χ1) is 10.5. The third-order valence-corrected chi connectivity index (χ3v) is 3.75. The Morgan fingerprint density at radius 2 is 1.86 bits per heavy atom. The Bertz CT molecular complexity index is 737. The largest absolute Gasteiger partial charge is 0.374 e. The van der Waals surface area contributed by atoms with Crippen LogP contribution >= 0.6 is 11.6 Å². The Morgan fingerprint density at radius 3 is 2.59 bits per heavy atom. The van der Waals surface area contributed by atoms with Crippen LogP contribution in [0.1, 0.15) is 18.1 Å². The number of hydrogen-bond acceptors (Lipinski definition) is 3. The van der Waals surface area contributed by atoms with Crippen LogP contribution in [-0.4, -0.2) is 11.9 Å². The van der Waals surface area contributed by atoms with Crippen LogP contribution in [-0.2, 0) is 4.79 Å². The molecule has 1 atom stereocenters. The highest BCUT2D eigenvalue weighted by Crippen LogP contribution is 2.23. The molecular weight excluding hydrogens is 298 g/mol. The zero-order valence-corrected chi connectivity index (χ0v) is 13.1. The average Bonchev–Trinajstić information content (AvgIpc) is 2.52. The van der Waals surface area contributed by atoms with Gasteiger partial charge in [-0.3, -0.25) is 4.79 Å². The van der Waals surface area contributed by atoms with Crippen LogP contribution < -0.4 is 10.6 Å². The van der Waals surface area contributed by atoms with E-state index in [9.17, 15) is 4.79 Å². The molecular formula is C17H16ClN3O. The summed E-state index contributed by atoms with van der Waals surface area (Å²) < 4.78 is 0. The standard InChI is InChI=1S/C17H16ClN3O/c1-11-14(18)7-5-9-15(11)20-12(2)17(22)21-16-8-4-3-6-13(16)10-19/h3-9,12,20H,1-2H3,(H,21,22)/t12-/m1/s1. The minimum absolute atomic E-state index is 0.220. The van der Waals surface area contributed by atoms with E-state index in [0.29, 0.717) is 16.3 Å². The number of nitriles is 1. The van der Waals surface area contributed by atoms with Gasteiger partial charge in [0.05, 0.1) is 11.3 Å². The number of nitrogens with one attached hydrogen (secondary N) is 2. The summed E-state index contributed by atoms with van der Waals surface area (Å²) in [5.41, 5.74) is 2.64. The van der Waals surface area contributed by atoms with Crippen LogP contribution in [0.4, 0.5) is 11.4 Å². The van der Waals surface area contributed by atoms with E-state index in [1.165, 1.54) is 0 Å². The quantitative estimate of drug-likeness (QED) is 0.898. The Kier molecular flexibility index (Phi) is 5.03. The minimum Gasteiger partial charge on any atom is -0.374 e. The molecule has 22 heavy (non-hydrogen) atoms. The summed E-state index contributed by atoms with van der Waals surface area (Å²) in [4.78, 5) is 12.3. The molecule has 112 valence electrons. The zero-order chi connectivity index (χ0) is 16.1. The molecule has 0 bridgehead atoms. The highest BCUT2D eigenvalue weighted by molar-refractivity contribution is 6.31. The fourth-order valence-electron chi connectivity index (χ4n) is 1.99. The van der Waals surface area contributed by atoms with Gasteiger partial charge in [0.2, 0.25) is 5.91 Å². The molecule has 5 heteroatoms. The number of rotatable bonds is 4. The molecule has 0 aliphatic rings. The fraction of sp³-hybridized carbons (Fsp3) is 0.176. The van der Waals surface area contributed by atoms with Crippen molar-refractivity contribution in [2.24, 2.45) is 0 Å². The zero-order valence-electron chi connectivity index (χ0n) is 12.4. The van der Waals surface area contributed by atoms with E-state index in [1.54, 1.807) is 37.3 Å². The fourth-order valence-corrected chi connectivity index (χ4v) is 2.17. The van der Waals surface area contributed by atoms with Crippen LogP contribution in [0.5, 0.6) is 0 Å². The van der Waals surface area contributed by atoms with Gasteiger partial charge in [0.25, 0.3) is 0 Å². The maximum atomic E-state index is 12.3. The van der Waals surface area contributed by atoms with E-state index < -0.39 is 6.04 Å². The van der Waals surface area contributed by atoms with Gasteiger partial charge >= 0.3 is 0 Å². The Hall–Kier alpha value is -2.51. The number of amides is 1. The van der Waals surface area contributed by atoms with E-state index in [-0.39, 0.29) is 5.91 Å². The summed E-state index contributed by atoms with van der Waals surface area (Å²) in [7, 11) is 0. The van der Waals surface area contributed by atoms with Crippen molar-refractivity contribution in [2.45, 2.75) is 19.9 Å². The Labute approximate surface area is 134 Å². The summed E-state index contributed by atoms with van der Waals surface area (Å²) in [6, 6.07) is 14.0. The molecule has 0 aliphatic heterocycles. The third-order valence-electron chi connectivity index (χ3n) is 3.34. The van der Waals surface area contributed by atoms with Crippen LogP contribution in [0, 0.1) is 18.3 Å². The highest BCUT2D eigenvalue weighted by Gasteiger charge is 2.15. The average molecular weight is 314 g/mol. The van der Waals surface area contributed by atoms with E-state index in [4.69, 9.17) is 16.9 Å². The predicted octanol–water partition coefficient (Wildman–Crippen LogP) is 3.96. The van der Waals surface area contributed by atoms with Gasteiger partial charge in [-0.05, 0) is 43.7 Å². The number of hydrogen-bond donors (Lipinski definition) is 2. The van der Waals surface area contributed by atoms with Crippen molar-refractivity contribution >= 4 is 28.9 Å². The predicted molar refractivity (Wildman–Crippen MR) is 89.1 cm³/mol. The molecule has 0 spiro atoms. The Balaban J connectivity index is 2.10. The SMILES string of the molecule is Cc1c(Cl)cccc1N[C@H](C)C(=O)Nc1ccccc1C#N. The van der Waals surface area contributed by atoms with E-state index >= 15 is 0 Å². The third kappa shape index (κ3) is 3.57. The van der Waals surface area contributed by atoms with Crippen molar-refractivity contribution in [1.82, 2.24) is 0 Å². The number of carbonyl (C=O) groups excluding carboxylic acids is 1. The molecule has 0 unspecified atom stereocenters. The van der Waals surface area contributed by atoms with Gasteiger partial charge < -0.3 is 10.6 Å². The topological polar surface area (TPSA) is 64.9 Å². The van der Waals surface area contributed by atoms with Gasteiger partial charge in [-0.2, -0.15) is 5.26 Å². The normalized spacial score (nSPS) is 11.4. The van der Waals surface area contributed by atoms with Gasteiger partial charge in [0.1, 0.15) is 12.1 Å². The molecule has 0 heterocycles. The molecule has 1 amide bonds. The first-order valence-corrected chi connectivity index (χ1v) is 7.22. The minimum atomic E-state index is -0.469. The Morgan fingerprint density at radius 1 is 1.18 bits per heavy atom. The summed E-state index contributed by atoms with van der Waals surface area (Å²) in [5.74, 6) is -0.220. The van der Waals surface area contributed by atoms with Crippen LogP contribution in [0.25, 0.3) is 0 Å². The van der Waals surface area contributed by atoms with Crippen LogP contribution in [0.3, 0.4) is 0 Å². The maximum absolute atomic E-state index is 12.3. The highest BCUT2D eigenvalue weighted by atomic mass is 35.5. The van der Waals surface area contributed by atoms with Crippen LogP contribution in [0.2, 0.25) is 5.02 Å². The molecule has 0 saturated heterocycles. The number of anilines is 2. The summed E-state index contributed by atoms with van der Waals surface area (Å²) >= 11 is 6.07. The van der Waals surface area contributed by atoms with Crippen molar-refractivity contribution < 1.29 is 4.79 Å². The first kappa shape index (κ1) is 15.9. The molecule has 0 aliphatic carbocycles. The molecule has 0 aromatic heterocycles. The van der Waals surface area contributed by atoms with Crippen molar-refractivity contribution in [3.63, 3.8) is 0 Å². The number of nitrogens with zero attached hydrogens (tertiary/aromatic N) is 1. The van der Waals surface area contributed by atoms with E-state index in [2.05, 4.69) is 16.7 Å². The second kappa shape index (κ2) is 6.97. The van der Waals surface area contributed by atoms with Gasteiger partial charge in [-0.25, -0.2) is 0 Å². The van der Waals surface area contributed by atoms with Crippen molar-refractivity contribution in [3.05, 3.63) is 58.6 Å². The van der Waals surface area contributed by atoms with Crippen molar-refractivity contribution in [3.8, 4) is 6.07 Å². The second-order valence-corrected chi connectivity index (χ2v) is 5.33. The molecule has 2 rings (SSSR count). The first-order valence-electron chi connectivity index (χ1n) is 6.84. The molecule has 2 aromatic carbocycles. The number of carbonyl (C=O) groups is 1. The number of benzene rings is 2. The molecule has 4 nitrogen and oxygen atoms in total. The van der Waals surface area contributed by atoms with Crippen molar-refractivity contribution in [1.29, 1.82) is 5.26 Å². The lowest BCUT2D eigenvalue weighted by molar-refractivity contribution is -0.116. The lowest BCUT2D eigenvalue weighted by Gasteiger charge is -2.17. The van der Waals surface area contributed by atoms with Gasteiger partial charge in [-0.1, -0.05) is 29.8 Å². The van der Waals surface area contributed by atoms with Crippen LogP contribution in [0.15, 0.2) is 42.5 Å². The molecule has 0 saturated carbocycles. The number of halogens is 1. The lowest BCUT2D eigenvalue weighted by Crippen LogP contribution is -2.32. The monoisotopic (exact) mass is 313 g/mol. The number of para-hydroxylation sites is 1. The van der Waals surface area contributed by atoms with Gasteiger partial charge in [-0.15, -0.1) is 0 Å². The maximum Gasteiger partial charge on any atom is 0.246 e. The summed E-state index contributed by atoms with van der Waals surface area (Å²) in [5, 5.41) is 15.6. The molecule has 0 fully saturated rings. The smallest absolute Gasteiger partial charge is 0.246 e. The molecule has 2 aromatic rings. The summed E-state index contributed by atoms with van der Waals surface area (Å²) in [6.45, 7) is 3.64. The summed E-state index contributed by atoms with van der Waals surface area (Å²) in [6.07, 6.45) is 0. The van der Waals surface area contributed by atoms with Gasteiger partial charge in [0, 0.05) is 10.7 Å². The van der Waals surface area contributed by atoms with Crippen molar-refractivity contribution in [2.75, 3.05) is 10.6 Å². The second-order valence-electron chi connectivity index (χ2n) is 4.93. The molecule has 0 radical (unpaired) electrons. The molecule has 2 N–H and O–H groups in total. The van der Waals surface area contributed by atoms with E-state index in [1.807, 2.05) is 19.1 Å².